The second kappa shape index (κ2) is 9.45. The molecule has 1 aromatic rings. The lowest BCUT2D eigenvalue weighted by Crippen LogP contribution is -2.19. The largest absolute Gasteiger partial charge is 0.361 e. The van der Waals surface area contributed by atoms with Gasteiger partial charge in [-0.2, -0.15) is 0 Å². The van der Waals surface area contributed by atoms with Gasteiger partial charge < -0.3 is 14.2 Å². The first-order valence-corrected chi connectivity index (χ1v) is 9.69. The summed E-state index contributed by atoms with van der Waals surface area (Å²) in [5.41, 5.74) is 1.14. The fourth-order valence-electron chi connectivity index (χ4n) is 3.50. The molecule has 0 aromatic heterocycles. The molecule has 142 valence electrons. The number of allylic oxidation sites excluding steroid dienone is 1. The van der Waals surface area contributed by atoms with Crippen molar-refractivity contribution in [3.8, 4) is 0 Å². The van der Waals surface area contributed by atoms with E-state index >= 15 is 0 Å². The maximum Gasteiger partial charge on any atom is 0.164 e. The van der Waals surface area contributed by atoms with Crippen molar-refractivity contribution < 1.29 is 19.0 Å². The number of rotatable bonds is 7. The third-order valence-electron chi connectivity index (χ3n) is 5.26. The number of carbonyl (C=O) groups excluding carboxylic acids is 1. The van der Waals surface area contributed by atoms with Crippen molar-refractivity contribution in [3.05, 3.63) is 48.0 Å². The molecule has 26 heavy (non-hydrogen) atoms. The molecule has 1 aliphatic carbocycles. The summed E-state index contributed by atoms with van der Waals surface area (Å²) in [5.74, 6) is 1.50. The van der Waals surface area contributed by atoms with Crippen molar-refractivity contribution in [1.29, 1.82) is 0 Å². The van der Waals surface area contributed by atoms with Crippen LogP contribution in [0.3, 0.4) is 0 Å². The van der Waals surface area contributed by atoms with Crippen LogP contribution in [0.1, 0.15) is 38.7 Å². The Kier molecular flexibility index (Phi) is 7.00. The highest BCUT2D eigenvalue weighted by Gasteiger charge is 2.45. The summed E-state index contributed by atoms with van der Waals surface area (Å²) in [6, 6.07) is 10.1. The van der Waals surface area contributed by atoms with Crippen LogP contribution in [-0.4, -0.2) is 31.4 Å². The Bertz CT molecular complexity index is 595. The lowest BCUT2D eigenvalue weighted by molar-refractivity contribution is -0.120. The fourth-order valence-corrected chi connectivity index (χ4v) is 3.50. The lowest BCUT2D eigenvalue weighted by atomic mass is 9.86. The molecule has 4 atom stereocenters. The van der Waals surface area contributed by atoms with E-state index in [0.29, 0.717) is 31.5 Å². The molecule has 1 saturated heterocycles. The number of fused-ring (bicyclic) bond motifs is 1. The van der Waals surface area contributed by atoms with E-state index in [2.05, 4.69) is 26.0 Å². The van der Waals surface area contributed by atoms with Gasteiger partial charge in [0.1, 0.15) is 12.9 Å². The summed E-state index contributed by atoms with van der Waals surface area (Å²) in [5, 5.41) is 0. The molecule has 4 nitrogen and oxygen atoms in total. The number of ketones is 1. The highest BCUT2D eigenvalue weighted by molar-refractivity contribution is 5.85. The van der Waals surface area contributed by atoms with E-state index in [1.54, 1.807) is 0 Å². The van der Waals surface area contributed by atoms with Gasteiger partial charge in [0.2, 0.25) is 0 Å². The average molecular weight is 358 g/mol. The van der Waals surface area contributed by atoms with E-state index in [9.17, 15) is 4.79 Å². The fraction of sp³-hybridized carbons (Fsp3) is 0.591. The van der Waals surface area contributed by atoms with Crippen molar-refractivity contribution in [2.45, 2.75) is 51.9 Å². The zero-order valence-corrected chi connectivity index (χ0v) is 15.8. The number of Topliss-reactive ketones (excluding diaryl/α,β-unsaturated/α-hetero) is 1. The molecular formula is C22H30O4. The zero-order chi connectivity index (χ0) is 18.4. The number of carbonyl (C=O) groups is 1. The molecule has 1 heterocycles. The van der Waals surface area contributed by atoms with E-state index in [4.69, 9.17) is 14.2 Å². The number of hydrogen-bond donors (Lipinski definition) is 0. The second-order valence-electron chi connectivity index (χ2n) is 7.71. The van der Waals surface area contributed by atoms with Gasteiger partial charge in [-0.15, -0.1) is 0 Å². The smallest absolute Gasteiger partial charge is 0.164 e. The van der Waals surface area contributed by atoms with Gasteiger partial charge in [-0.05, 0) is 30.2 Å². The Balaban J connectivity index is 1.46. The van der Waals surface area contributed by atoms with Gasteiger partial charge in [-0.3, -0.25) is 4.79 Å². The first-order chi connectivity index (χ1) is 12.6. The molecule has 0 spiro atoms. The minimum atomic E-state index is -0.175. The molecule has 1 fully saturated rings. The summed E-state index contributed by atoms with van der Waals surface area (Å²) in [6.07, 6.45) is 6.82. The number of epoxide rings is 1. The Morgan fingerprint density at radius 1 is 1.15 bits per heavy atom. The summed E-state index contributed by atoms with van der Waals surface area (Å²) in [7, 11) is 0. The molecule has 4 unspecified atom stereocenters. The van der Waals surface area contributed by atoms with Gasteiger partial charge in [0.15, 0.2) is 5.78 Å². The van der Waals surface area contributed by atoms with Gasteiger partial charge in [-0.1, -0.05) is 56.3 Å². The topological polar surface area (TPSA) is 48.1 Å². The van der Waals surface area contributed by atoms with Crippen LogP contribution in [0.5, 0.6) is 0 Å². The summed E-state index contributed by atoms with van der Waals surface area (Å²) >= 11 is 0. The molecule has 1 aliphatic heterocycles. The van der Waals surface area contributed by atoms with Crippen molar-refractivity contribution in [3.63, 3.8) is 0 Å². The molecule has 3 rings (SSSR count). The number of benzene rings is 1. The summed E-state index contributed by atoms with van der Waals surface area (Å²) in [6.45, 7) is 5.85. The molecule has 2 aliphatic rings. The molecule has 0 saturated carbocycles. The van der Waals surface area contributed by atoms with Crippen LogP contribution in [0.15, 0.2) is 42.5 Å². The number of ether oxygens (including phenoxy) is 3. The lowest BCUT2D eigenvalue weighted by Gasteiger charge is -2.19. The average Bonchev–Trinajstić information content (AvgIpc) is 3.40. The van der Waals surface area contributed by atoms with Crippen LogP contribution in [0, 0.1) is 17.8 Å². The highest BCUT2D eigenvalue weighted by Crippen LogP contribution is 2.33. The van der Waals surface area contributed by atoms with Gasteiger partial charge >= 0.3 is 0 Å². The normalized spacial score (nSPS) is 30.0. The van der Waals surface area contributed by atoms with E-state index in [0.717, 1.165) is 18.4 Å². The molecule has 0 N–H and O–H groups in total. The monoisotopic (exact) mass is 358 g/mol. The van der Waals surface area contributed by atoms with Crippen LogP contribution in [0.4, 0.5) is 0 Å². The maximum atomic E-state index is 12.2. The summed E-state index contributed by atoms with van der Waals surface area (Å²) in [4.78, 5) is 12.2. The predicted molar refractivity (Wildman–Crippen MR) is 101 cm³/mol. The summed E-state index contributed by atoms with van der Waals surface area (Å²) < 4.78 is 16.9. The van der Waals surface area contributed by atoms with E-state index in [-0.39, 0.29) is 30.7 Å². The van der Waals surface area contributed by atoms with Crippen molar-refractivity contribution in [1.82, 2.24) is 0 Å². The van der Waals surface area contributed by atoms with Crippen LogP contribution < -0.4 is 0 Å². The predicted octanol–water partition coefficient (Wildman–Crippen LogP) is 4.14. The Morgan fingerprint density at radius 2 is 1.96 bits per heavy atom. The Labute approximate surface area is 156 Å². The first kappa shape index (κ1) is 19.3. The van der Waals surface area contributed by atoms with Crippen molar-refractivity contribution in [2.24, 2.45) is 17.8 Å². The van der Waals surface area contributed by atoms with Gasteiger partial charge in [0, 0.05) is 12.3 Å². The highest BCUT2D eigenvalue weighted by atomic mass is 16.7. The van der Waals surface area contributed by atoms with Crippen LogP contribution in [0.25, 0.3) is 0 Å². The standard InChI is InChI=1S/C22H30O4/c1-16(2)19-9-8-18(12-21-22(26-21)20(23)11-10-19)14-25-15-24-13-17-6-4-3-5-7-17/h3-9,16,18-19,21-22H,10-15H2,1-2H3/b9-8-. The van der Waals surface area contributed by atoms with E-state index < -0.39 is 0 Å². The third kappa shape index (κ3) is 5.76. The van der Waals surface area contributed by atoms with Gasteiger partial charge in [0.25, 0.3) is 0 Å². The third-order valence-corrected chi connectivity index (χ3v) is 5.26. The van der Waals surface area contributed by atoms with Crippen LogP contribution >= 0.6 is 0 Å². The Hall–Kier alpha value is -1.49. The van der Waals surface area contributed by atoms with Crippen LogP contribution in [0.2, 0.25) is 0 Å². The molecule has 0 amide bonds. The van der Waals surface area contributed by atoms with Crippen LogP contribution in [-0.2, 0) is 25.6 Å². The van der Waals surface area contributed by atoms with Gasteiger partial charge in [-0.25, -0.2) is 0 Å². The zero-order valence-electron chi connectivity index (χ0n) is 15.8. The second-order valence-corrected chi connectivity index (χ2v) is 7.71. The molecular weight excluding hydrogens is 328 g/mol. The minimum Gasteiger partial charge on any atom is -0.361 e. The van der Waals surface area contributed by atoms with E-state index in [1.165, 1.54) is 0 Å². The number of hydrogen-bond acceptors (Lipinski definition) is 4. The first-order valence-electron chi connectivity index (χ1n) is 9.69. The van der Waals surface area contributed by atoms with E-state index in [1.807, 2.05) is 30.3 Å². The molecule has 0 bridgehead atoms. The molecule has 1 aromatic carbocycles. The quantitative estimate of drug-likeness (QED) is 0.318. The van der Waals surface area contributed by atoms with Crippen molar-refractivity contribution >= 4 is 5.78 Å². The molecule has 0 radical (unpaired) electrons. The minimum absolute atomic E-state index is 0.0709. The molecule has 4 heteroatoms. The maximum absolute atomic E-state index is 12.2. The Morgan fingerprint density at radius 3 is 2.73 bits per heavy atom. The van der Waals surface area contributed by atoms with Crippen molar-refractivity contribution in [2.75, 3.05) is 13.4 Å². The SMILES string of the molecule is CC(C)C1/C=C\C(COCOCc2ccccc2)CC2OC2C(=O)CC1. The van der Waals surface area contributed by atoms with Gasteiger partial charge in [0.05, 0.1) is 19.3 Å².